The maximum absolute atomic E-state index is 12.2. The number of hydrogen-bond acceptors (Lipinski definition) is 3. The van der Waals surface area contributed by atoms with Gasteiger partial charge in [0, 0.05) is 5.56 Å². The van der Waals surface area contributed by atoms with Gasteiger partial charge < -0.3 is 9.47 Å². The first kappa shape index (κ1) is 22.8. The summed E-state index contributed by atoms with van der Waals surface area (Å²) in [5.74, 6) is 0.915. The van der Waals surface area contributed by atoms with Gasteiger partial charge in [0.2, 0.25) is 0 Å². The quantitative estimate of drug-likeness (QED) is 0.325. The van der Waals surface area contributed by atoms with Gasteiger partial charge in [-0.05, 0) is 66.3 Å². The van der Waals surface area contributed by atoms with Crippen LogP contribution < -0.4 is 4.74 Å². The molecule has 0 amide bonds. The molecule has 0 aliphatic heterocycles. The van der Waals surface area contributed by atoms with Crippen LogP contribution in [-0.4, -0.2) is 12.9 Å². The minimum absolute atomic E-state index is 0.00412. The zero-order valence-corrected chi connectivity index (χ0v) is 19.0. The number of hydrogen-bond donors (Lipinski definition) is 0. The van der Waals surface area contributed by atoms with Crippen molar-refractivity contribution in [3.8, 4) is 16.9 Å². The third-order valence-electron chi connectivity index (χ3n) is 5.64. The van der Waals surface area contributed by atoms with Crippen LogP contribution in [0.5, 0.6) is 5.75 Å². The van der Waals surface area contributed by atoms with Gasteiger partial charge >= 0.3 is 0 Å². The lowest BCUT2D eigenvalue weighted by atomic mass is 9.93. The van der Waals surface area contributed by atoms with E-state index < -0.39 is 0 Å². The molecule has 3 nitrogen and oxygen atoms in total. The molecule has 0 aromatic heterocycles. The second kappa shape index (κ2) is 10.9. The molecule has 0 bridgehead atoms. The fourth-order valence-corrected chi connectivity index (χ4v) is 3.86. The Balaban J connectivity index is 1.87. The van der Waals surface area contributed by atoms with Gasteiger partial charge in [-0.3, -0.25) is 4.79 Å². The number of carbonyl (C=O) groups excluding carboxylic acids is 1. The van der Waals surface area contributed by atoms with Crippen molar-refractivity contribution in [1.29, 1.82) is 0 Å². The molecule has 0 saturated heterocycles. The number of methoxy groups -OCH3 is 1. The minimum Gasteiger partial charge on any atom is -0.497 e. The van der Waals surface area contributed by atoms with Crippen molar-refractivity contribution in [2.45, 2.75) is 52.7 Å². The first-order chi connectivity index (χ1) is 15.0. The van der Waals surface area contributed by atoms with Crippen molar-refractivity contribution in [1.82, 2.24) is 0 Å². The second-order valence-electron chi connectivity index (χ2n) is 7.97. The van der Waals surface area contributed by atoms with Crippen molar-refractivity contribution < 1.29 is 14.3 Å². The van der Waals surface area contributed by atoms with E-state index in [0.29, 0.717) is 6.61 Å². The summed E-state index contributed by atoms with van der Waals surface area (Å²) in [5, 5.41) is 0. The van der Waals surface area contributed by atoms with E-state index in [1.54, 1.807) is 14.0 Å². The van der Waals surface area contributed by atoms with Crippen molar-refractivity contribution >= 4 is 5.78 Å². The topological polar surface area (TPSA) is 35.5 Å². The molecule has 1 unspecified atom stereocenters. The van der Waals surface area contributed by atoms with Crippen LogP contribution in [0.1, 0.15) is 66.3 Å². The second-order valence-corrected chi connectivity index (χ2v) is 7.97. The fraction of sp³-hybridized carbons (Fsp3) is 0.321. The summed E-state index contributed by atoms with van der Waals surface area (Å²) in [6, 6.07) is 22.3. The van der Waals surface area contributed by atoms with E-state index in [2.05, 4.69) is 44.2 Å². The number of ketones is 1. The highest BCUT2D eigenvalue weighted by Crippen LogP contribution is 2.31. The molecule has 0 fully saturated rings. The molecule has 31 heavy (non-hydrogen) atoms. The monoisotopic (exact) mass is 416 g/mol. The van der Waals surface area contributed by atoms with Crippen LogP contribution in [0, 0.1) is 6.92 Å². The summed E-state index contributed by atoms with van der Waals surface area (Å²) in [5.41, 5.74) is 6.15. The Morgan fingerprint density at radius 1 is 0.968 bits per heavy atom. The number of rotatable bonds is 10. The van der Waals surface area contributed by atoms with Crippen molar-refractivity contribution in [2.24, 2.45) is 0 Å². The van der Waals surface area contributed by atoms with Crippen LogP contribution in [0.2, 0.25) is 0 Å². The number of ether oxygens (including phenoxy) is 2. The van der Waals surface area contributed by atoms with E-state index in [4.69, 9.17) is 9.47 Å². The average Bonchev–Trinajstić information content (AvgIpc) is 2.79. The van der Waals surface area contributed by atoms with Gasteiger partial charge in [0.15, 0.2) is 5.78 Å². The molecule has 0 aliphatic carbocycles. The van der Waals surface area contributed by atoms with E-state index >= 15 is 0 Å². The maximum Gasteiger partial charge on any atom is 0.160 e. The Bertz CT molecular complexity index is 1020. The van der Waals surface area contributed by atoms with Gasteiger partial charge in [-0.1, -0.05) is 68.3 Å². The molecule has 0 aliphatic rings. The predicted molar refractivity (Wildman–Crippen MR) is 127 cm³/mol. The molecular weight excluding hydrogens is 384 g/mol. The van der Waals surface area contributed by atoms with Crippen LogP contribution in [0.4, 0.5) is 0 Å². The molecule has 0 saturated carbocycles. The lowest BCUT2D eigenvalue weighted by Gasteiger charge is -2.20. The minimum atomic E-state index is 0.00412. The normalized spacial score (nSPS) is 11.9. The Morgan fingerprint density at radius 3 is 2.48 bits per heavy atom. The first-order valence-corrected chi connectivity index (χ1v) is 11.0. The van der Waals surface area contributed by atoms with Gasteiger partial charge in [0.25, 0.3) is 0 Å². The number of Topliss-reactive ketones (excluding diaryl/α,β-unsaturated/α-hetero) is 1. The van der Waals surface area contributed by atoms with Crippen LogP contribution in [0.15, 0.2) is 66.7 Å². The molecule has 0 N–H and O–H groups in total. The Morgan fingerprint density at radius 2 is 1.77 bits per heavy atom. The number of carbonyl (C=O) groups is 1. The van der Waals surface area contributed by atoms with Crippen molar-refractivity contribution in [2.75, 3.05) is 7.11 Å². The lowest BCUT2D eigenvalue weighted by molar-refractivity contribution is 0.0323. The predicted octanol–water partition coefficient (Wildman–Crippen LogP) is 7.32. The van der Waals surface area contributed by atoms with Crippen LogP contribution in [-0.2, 0) is 11.3 Å². The van der Waals surface area contributed by atoms with Crippen molar-refractivity contribution in [3.63, 3.8) is 0 Å². The smallest absolute Gasteiger partial charge is 0.160 e. The standard InChI is InChI=1S/C28H32O3/c1-5-6-14-28(23-11-9-12-24(18-23)30-4)31-19-22-15-16-26(21(3)29)27(17-22)25-13-8-7-10-20(25)2/h7-13,15-18,28H,5-6,14,19H2,1-4H3. The van der Waals surface area contributed by atoms with E-state index in [9.17, 15) is 4.79 Å². The van der Waals surface area contributed by atoms with Gasteiger partial charge in [0.1, 0.15) is 5.75 Å². The number of aryl methyl sites for hydroxylation is 1. The summed E-state index contributed by atoms with van der Waals surface area (Å²) >= 11 is 0. The highest BCUT2D eigenvalue weighted by Gasteiger charge is 2.15. The van der Waals surface area contributed by atoms with Gasteiger partial charge in [-0.15, -0.1) is 0 Å². The largest absolute Gasteiger partial charge is 0.497 e. The Labute approximate surface area is 186 Å². The molecular formula is C28H32O3. The highest BCUT2D eigenvalue weighted by molar-refractivity contribution is 6.01. The maximum atomic E-state index is 12.2. The molecule has 0 radical (unpaired) electrons. The van der Waals surface area contributed by atoms with E-state index in [0.717, 1.165) is 58.4 Å². The lowest BCUT2D eigenvalue weighted by Crippen LogP contribution is -2.06. The van der Waals surface area contributed by atoms with E-state index in [1.165, 1.54) is 0 Å². The van der Waals surface area contributed by atoms with Crippen LogP contribution >= 0.6 is 0 Å². The van der Waals surface area contributed by atoms with E-state index in [1.807, 2.05) is 36.4 Å². The van der Waals surface area contributed by atoms with Gasteiger partial charge in [0.05, 0.1) is 19.8 Å². The fourth-order valence-electron chi connectivity index (χ4n) is 3.86. The van der Waals surface area contributed by atoms with Crippen LogP contribution in [0.25, 0.3) is 11.1 Å². The molecule has 1 atom stereocenters. The van der Waals surface area contributed by atoms with E-state index in [-0.39, 0.29) is 11.9 Å². The van der Waals surface area contributed by atoms with Crippen molar-refractivity contribution in [3.05, 3.63) is 89.0 Å². The van der Waals surface area contributed by atoms with Crippen LogP contribution in [0.3, 0.4) is 0 Å². The Kier molecular flexibility index (Phi) is 8.02. The van der Waals surface area contributed by atoms with Gasteiger partial charge in [-0.2, -0.15) is 0 Å². The third kappa shape index (κ3) is 5.83. The summed E-state index contributed by atoms with van der Waals surface area (Å²) in [7, 11) is 1.69. The first-order valence-electron chi connectivity index (χ1n) is 11.0. The summed E-state index contributed by atoms with van der Waals surface area (Å²) in [4.78, 5) is 12.2. The SMILES string of the molecule is CCCCC(OCc1ccc(C(C)=O)c(-c2ccccc2C)c1)c1cccc(OC)c1. The summed E-state index contributed by atoms with van der Waals surface area (Å²) < 4.78 is 11.8. The number of unbranched alkanes of at least 4 members (excludes halogenated alkanes) is 1. The molecule has 3 rings (SSSR count). The third-order valence-corrected chi connectivity index (χ3v) is 5.64. The molecule has 3 heteroatoms. The zero-order chi connectivity index (χ0) is 22.2. The summed E-state index contributed by atoms with van der Waals surface area (Å²) in [6.45, 7) is 6.38. The Hall–Kier alpha value is -2.91. The molecule has 162 valence electrons. The van der Waals surface area contributed by atoms with Gasteiger partial charge in [-0.25, -0.2) is 0 Å². The zero-order valence-electron chi connectivity index (χ0n) is 19.0. The molecule has 3 aromatic rings. The summed E-state index contributed by atoms with van der Waals surface area (Å²) in [6.07, 6.45) is 3.18. The highest BCUT2D eigenvalue weighted by atomic mass is 16.5. The molecule has 3 aromatic carbocycles. The average molecular weight is 417 g/mol. The number of benzene rings is 3. The molecule has 0 spiro atoms. The molecule has 0 heterocycles.